The highest BCUT2D eigenvalue weighted by atomic mass is 35.5. The Morgan fingerprint density at radius 3 is 2.47 bits per heavy atom. The number of methoxy groups -OCH3 is 1. The molecule has 0 saturated heterocycles. The summed E-state index contributed by atoms with van der Waals surface area (Å²) in [6.45, 7) is 0.500. The minimum Gasteiger partial charge on any atom is -0.497 e. The number of thioether (sulfide) groups is 1. The lowest BCUT2D eigenvalue weighted by Gasteiger charge is -2.17. The average Bonchev–Trinajstić information content (AvgIpc) is 3.25. The molecular weight excluding hydrogens is 468 g/mol. The number of halogens is 1. The first kappa shape index (κ1) is 23.9. The van der Waals surface area contributed by atoms with Gasteiger partial charge in [-0.1, -0.05) is 65.8 Å². The van der Waals surface area contributed by atoms with Crippen LogP contribution in [-0.2, 0) is 17.8 Å². The lowest BCUT2D eigenvalue weighted by molar-refractivity contribution is -0.127. The van der Waals surface area contributed by atoms with E-state index in [1.807, 2.05) is 71.3 Å². The van der Waals surface area contributed by atoms with Crippen molar-refractivity contribution in [1.82, 2.24) is 19.7 Å². The van der Waals surface area contributed by atoms with Crippen molar-refractivity contribution in [2.45, 2.75) is 18.1 Å². The number of nitrogens with zero attached hydrogens (tertiary/aromatic N) is 4. The second kappa shape index (κ2) is 11.2. The number of benzene rings is 3. The molecule has 0 saturated carbocycles. The Morgan fingerprint density at radius 2 is 1.74 bits per heavy atom. The van der Waals surface area contributed by atoms with Crippen molar-refractivity contribution >= 4 is 29.3 Å². The highest BCUT2D eigenvalue weighted by Gasteiger charge is 2.18. The number of carbonyl (C=O) groups is 1. The summed E-state index contributed by atoms with van der Waals surface area (Å²) in [5.74, 6) is 1.82. The summed E-state index contributed by atoms with van der Waals surface area (Å²) in [5.41, 5.74) is 3.05. The Morgan fingerprint density at radius 1 is 1.00 bits per heavy atom. The molecule has 0 aliphatic rings. The van der Waals surface area contributed by atoms with Gasteiger partial charge in [0.2, 0.25) is 5.91 Å². The van der Waals surface area contributed by atoms with Gasteiger partial charge < -0.3 is 9.64 Å². The van der Waals surface area contributed by atoms with Crippen molar-refractivity contribution in [1.29, 1.82) is 0 Å². The minimum atomic E-state index is 0.00286. The van der Waals surface area contributed by atoms with Crippen LogP contribution in [0.5, 0.6) is 5.75 Å². The number of amides is 1. The molecule has 1 aromatic heterocycles. The standard InChI is InChI=1S/C26H25ClN4O2S/c1-30(17-20-9-6-10-23(15-20)33-2)25(32)18-34-26-29-28-24(16-19-7-4-3-5-8-19)31(26)22-13-11-21(27)12-14-22/h3-15H,16-18H2,1-2H3. The van der Waals surface area contributed by atoms with Crippen molar-refractivity contribution in [2.24, 2.45) is 0 Å². The topological polar surface area (TPSA) is 60.2 Å². The van der Waals surface area contributed by atoms with E-state index >= 15 is 0 Å². The van der Waals surface area contributed by atoms with Crippen LogP contribution in [0.4, 0.5) is 0 Å². The number of rotatable bonds is 9. The molecule has 0 spiro atoms. The van der Waals surface area contributed by atoms with Crippen LogP contribution in [0.1, 0.15) is 17.0 Å². The van der Waals surface area contributed by atoms with E-state index in [9.17, 15) is 4.79 Å². The van der Waals surface area contributed by atoms with Crippen molar-refractivity contribution in [3.05, 3.63) is 101 Å². The van der Waals surface area contributed by atoms with Gasteiger partial charge in [0.1, 0.15) is 11.6 Å². The second-order valence-corrected chi connectivity index (χ2v) is 9.14. The van der Waals surface area contributed by atoms with Gasteiger partial charge in [-0.2, -0.15) is 0 Å². The average molecular weight is 493 g/mol. The van der Waals surface area contributed by atoms with Crippen molar-refractivity contribution in [3.8, 4) is 11.4 Å². The smallest absolute Gasteiger partial charge is 0.233 e. The van der Waals surface area contributed by atoms with Crippen molar-refractivity contribution in [3.63, 3.8) is 0 Å². The van der Waals surface area contributed by atoms with Gasteiger partial charge in [-0.15, -0.1) is 10.2 Å². The molecule has 4 aromatic rings. The molecule has 0 fully saturated rings. The minimum absolute atomic E-state index is 0.00286. The molecule has 1 amide bonds. The van der Waals surface area contributed by atoms with Gasteiger partial charge in [-0.3, -0.25) is 9.36 Å². The Kier molecular flexibility index (Phi) is 7.87. The zero-order chi connectivity index (χ0) is 23.9. The molecule has 0 radical (unpaired) electrons. The third-order valence-electron chi connectivity index (χ3n) is 5.29. The highest BCUT2D eigenvalue weighted by molar-refractivity contribution is 7.99. The van der Waals surface area contributed by atoms with Gasteiger partial charge in [-0.05, 0) is 47.5 Å². The molecule has 6 nitrogen and oxygen atoms in total. The van der Waals surface area contributed by atoms with E-state index in [0.717, 1.165) is 28.4 Å². The lowest BCUT2D eigenvalue weighted by Crippen LogP contribution is -2.27. The van der Waals surface area contributed by atoms with Crippen LogP contribution in [-0.4, -0.2) is 45.5 Å². The third-order valence-corrected chi connectivity index (χ3v) is 6.46. The van der Waals surface area contributed by atoms with Crippen LogP contribution in [0.2, 0.25) is 5.02 Å². The Bertz CT molecular complexity index is 1250. The first-order chi connectivity index (χ1) is 16.5. The van der Waals surface area contributed by atoms with E-state index in [1.54, 1.807) is 19.1 Å². The maximum atomic E-state index is 12.9. The number of aromatic nitrogens is 3. The summed E-state index contributed by atoms with van der Waals surface area (Å²) in [7, 11) is 3.43. The first-order valence-corrected chi connectivity index (χ1v) is 12.1. The van der Waals surface area contributed by atoms with Crippen LogP contribution in [0.15, 0.2) is 84.0 Å². The van der Waals surface area contributed by atoms with Gasteiger partial charge in [0.15, 0.2) is 5.16 Å². The van der Waals surface area contributed by atoms with Gasteiger partial charge in [0.05, 0.1) is 12.9 Å². The predicted octanol–water partition coefficient (Wildman–Crippen LogP) is 5.27. The number of hydrogen-bond acceptors (Lipinski definition) is 5. The zero-order valence-corrected chi connectivity index (χ0v) is 20.6. The number of carbonyl (C=O) groups excluding carboxylic acids is 1. The van der Waals surface area contributed by atoms with Crippen LogP contribution < -0.4 is 4.74 Å². The molecule has 3 aromatic carbocycles. The maximum Gasteiger partial charge on any atom is 0.233 e. The summed E-state index contributed by atoms with van der Waals surface area (Å²) >= 11 is 7.47. The highest BCUT2D eigenvalue weighted by Crippen LogP contribution is 2.25. The second-order valence-electron chi connectivity index (χ2n) is 7.76. The number of ether oxygens (including phenoxy) is 1. The van der Waals surface area contributed by atoms with Crippen LogP contribution in [0.25, 0.3) is 5.69 Å². The SMILES string of the molecule is COc1cccc(CN(C)C(=O)CSc2nnc(Cc3ccccc3)n2-c2ccc(Cl)cc2)c1. The van der Waals surface area contributed by atoms with E-state index in [1.165, 1.54) is 11.8 Å². The fourth-order valence-electron chi connectivity index (χ4n) is 3.51. The largest absolute Gasteiger partial charge is 0.497 e. The summed E-state index contributed by atoms with van der Waals surface area (Å²) in [4.78, 5) is 14.6. The monoisotopic (exact) mass is 492 g/mol. The van der Waals surface area contributed by atoms with Crippen molar-refractivity contribution < 1.29 is 9.53 Å². The van der Waals surface area contributed by atoms with Gasteiger partial charge in [-0.25, -0.2) is 0 Å². The van der Waals surface area contributed by atoms with Crippen LogP contribution in [0, 0.1) is 0 Å². The molecule has 174 valence electrons. The summed E-state index contributed by atoms with van der Waals surface area (Å²) < 4.78 is 7.27. The molecule has 8 heteroatoms. The molecule has 0 atom stereocenters. The van der Waals surface area contributed by atoms with E-state index in [2.05, 4.69) is 22.3 Å². The Labute approximate surface area is 208 Å². The molecule has 4 rings (SSSR count). The molecule has 34 heavy (non-hydrogen) atoms. The Hall–Kier alpha value is -3.29. The summed E-state index contributed by atoms with van der Waals surface area (Å²) in [6.07, 6.45) is 0.626. The normalized spacial score (nSPS) is 10.8. The fourth-order valence-corrected chi connectivity index (χ4v) is 4.54. The molecule has 1 heterocycles. The van der Waals surface area contributed by atoms with Gasteiger partial charge in [0, 0.05) is 30.7 Å². The van der Waals surface area contributed by atoms with E-state index < -0.39 is 0 Å². The maximum absolute atomic E-state index is 12.9. The molecular formula is C26H25ClN4O2S. The van der Waals surface area contributed by atoms with Gasteiger partial charge >= 0.3 is 0 Å². The van der Waals surface area contributed by atoms with Crippen molar-refractivity contribution in [2.75, 3.05) is 19.9 Å². The first-order valence-electron chi connectivity index (χ1n) is 10.8. The lowest BCUT2D eigenvalue weighted by atomic mass is 10.1. The fraction of sp³-hybridized carbons (Fsp3) is 0.192. The van der Waals surface area contributed by atoms with Crippen LogP contribution >= 0.6 is 23.4 Å². The Balaban J connectivity index is 1.50. The van der Waals surface area contributed by atoms with E-state index in [0.29, 0.717) is 23.1 Å². The van der Waals surface area contributed by atoms with E-state index in [-0.39, 0.29) is 11.7 Å². The molecule has 0 aliphatic carbocycles. The molecule has 0 N–H and O–H groups in total. The predicted molar refractivity (Wildman–Crippen MR) is 136 cm³/mol. The molecule has 0 bridgehead atoms. The summed E-state index contributed by atoms with van der Waals surface area (Å²) in [5, 5.41) is 10.2. The van der Waals surface area contributed by atoms with Crippen LogP contribution in [0.3, 0.4) is 0 Å². The third kappa shape index (κ3) is 5.98. The molecule has 0 unspecified atom stereocenters. The molecule has 0 aliphatic heterocycles. The number of hydrogen-bond donors (Lipinski definition) is 0. The van der Waals surface area contributed by atoms with E-state index in [4.69, 9.17) is 16.3 Å². The summed E-state index contributed by atoms with van der Waals surface area (Å²) in [6, 6.07) is 25.4. The zero-order valence-electron chi connectivity index (χ0n) is 19.0. The quantitative estimate of drug-likeness (QED) is 0.298. The van der Waals surface area contributed by atoms with Gasteiger partial charge in [0.25, 0.3) is 0 Å².